The van der Waals surface area contributed by atoms with E-state index in [2.05, 4.69) is 20.8 Å². The maximum atomic E-state index is 12.2. The molecule has 0 aromatic rings. The summed E-state index contributed by atoms with van der Waals surface area (Å²) in [6.07, 6.45) is 5.05. The van der Waals surface area contributed by atoms with E-state index in [0.29, 0.717) is 25.7 Å². The van der Waals surface area contributed by atoms with Gasteiger partial charge in [-0.25, -0.2) is 0 Å². The number of aliphatic hydroxyl groups excluding tert-OH is 2. The van der Waals surface area contributed by atoms with Crippen LogP contribution < -0.4 is 69.3 Å². The molecule has 2 N–H and O–H groups in total. The summed E-state index contributed by atoms with van der Waals surface area (Å²) in [5.74, 6) is 0.485. The van der Waals surface area contributed by atoms with Gasteiger partial charge in [0.15, 0.2) is 0 Å². The minimum Gasteiger partial charge on any atom is -0.852 e. The van der Waals surface area contributed by atoms with Crippen LogP contribution in [0.15, 0.2) is 0 Å². The van der Waals surface area contributed by atoms with Gasteiger partial charge in [-0.2, -0.15) is 0 Å². The van der Waals surface area contributed by atoms with Crippen LogP contribution >= 0.6 is 0 Å². The molecule has 0 heterocycles. The van der Waals surface area contributed by atoms with Gasteiger partial charge in [0, 0.05) is 5.97 Å². The first kappa shape index (κ1) is 28.6. The Morgan fingerprint density at radius 3 is 2.39 bits per heavy atom. The minimum absolute atomic E-state index is 0. The normalized spacial score (nSPS) is 49.5. The number of carbonyl (C=O) groups excluding carboxylic acids is 1. The van der Waals surface area contributed by atoms with E-state index >= 15 is 0 Å². The van der Waals surface area contributed by atoms with E-state index in [1.165, 1.54) is 0 Å². The summed E-state index contributed by atoms with van der Waals surface area (Å²) >= 11 is 0. The molecule has 0 amide bonds. The monoisotopic (exact) mass is 452 g/mol. The van der Waals surface area contributed by atoms with Crippen LogP contribution in [0.3, 0.4) is 0 Å². The van der Waals surface area contributed by atoms with Crippen LogP contribution in [0.25, 0.3) is 0 Å². The van der Waals surface area contributed by atoms with Crippen molar-refractivity contribution in [3.05, 3.63) is 0 Å². The summed E-state index contributed by atoms with van der Waals surface area (Å²) in [6.45, 7) is 6.63. The standard InChI is InChI=1S/C24H39O5.2Na/c1-13(4-7-21(28)29)16-5-6-17-22-18(12-20(27)24(16,17)3)23(2)9-8-15(25)10-14(23)11-19(22)26;;/h13-20,22,26-27H,4-12H2,1-3H3,(H,28,29);;/q-1;2*+1/p-1/t13-,14+,15-,16-,17?,18?,19-,20+,22?,23+,24-;;/m1../s1. The van der Waals surface area contributed by atoms with Crippen molar-refractivity contribution in [3.8, 4) is 0 Å². The fourth-order valence-electron chi connectivity index (χ4n) is 8.66. The molecule has 11 atom stereocenters. The number of aliphatic carboxylic acids is 1. The third-order valence-electron chi connectivity index (χ3n) is 10.3. The minimum atomic E-state index is -1.00. The van der Waals surface area contributed by atoms with Crippen molar-refractivity contribution in [3.63, 3.8) is 0 Å². The van der Waals surface area contributed by atoms with E-state index in [0.717, 1.165) is 25.7 Å². The summed E-state index contributed by atoms with van der Waals surface area (Å²) in [4.78, 5) is 11.0. The summed E-state index contributed by atoms with van der Waals surface area (Å²) in [5, 5.41) is 45.8. The van der Waals surface area contributed by atoms with Gasteiger partial charge in [0.25, 0.3) is 0 Å². The number of fused-ring (bicyclic) bond motifs is 5. The Labute approximate surface area is 231 Å². The van der Waals surface area contributed by atoms with Crippen molar-refractivity contribution in [2.24, 2.45) is 46.3 Å². The summed E-state index contributed by atoms with van der Waals surface area (Å²) in [6, 6.07) is 0. The molecule has 0 saturated heterocycles. The molecule has 4 aliphatic rings. The first-order valence-electron chi connectivity index (χ1n) is 11.8. The van der Waals surface area contributed by atoms with Crippen LogP contribution in [0.5, 0.6) is 0 Å². The molecule has 4 aliphatic carbocycles. The van der Waals surface area contributed by atoms with Crippen molar-refractivity contribution >= 4 is 5.97 Å². The van der Waals surface area contributed by atoms with E-state index in [1.807, 2.05) is 0 Å². The average molecular weight is 453 g/mol. The van der Waals surface area contributed by atoms with Gasteiger partial charge in [-0.3, -0.25) is 0 Å². The molecule has 4 fully saturated rings. The van der Waals surface area contributed by atoms with E-state index in [4.69, 9.17) is 0 Å². The Kier molecular flexibility index (Phi) is 9.72. The number of carboxylic acid groups (broad SMARTS) is 1. The Hall–Kier alpha value is 1.35. The van der Waals surface area contributed by atoms with E-state index in [-0.39, 0.29) is 112 Å². The predicted molar refractivity (Wildman–Crippen MR) is 105 cm³/mol. The molecule has 166 valence electrons. The molecule has 31 heavy (non-hydrogen) atoms. The fraction of sp³-hybridized carbons (Fsp3) is 0.958. The number of carboxylic acids is 1. The van der Waals surface area contributed by atoms with Crippen molar-refractivity contribution in [2.75, 3.05) is 0 Å². The van der Waals surface area contributed by atoms with Crippen LogP contribution in [-0.4, -0.2) is 34.5 Å². The molecule has 0 spiro atoms. The van der Waals surface area contributed by atoms with E-state index < -0.39 is 24.3 Å². The second-order valence-corrected chi connectivity index (χ2v) is 11.4. The largest absolute Gasteiger partial charge is 1.00 e. The van der Waals surface area contributed by atoms with Crippen LogP contribution in [0.1, 0.15) is 78.6 Å². The van der Waals surface area contributed by atoms with Gasteiger partial charge in [-0.05, 0) is 91.3 Å². The summed E-state index contributed by atoms with van der Waals surface area (Å²) < 4.78 is 0. The molecule has 4 saturated carbocycles. The number of aliphatic hydroxyl groups is 2. The Morgan fingerprint density at radius 2 is 1.74 bits per heavy atom. The Bertz CT molecular complexity index is 647. The molecule has 3 unspecified atom stereocenters. The van der Waals surface area contributed by atoms with Crippen LogP contribution in [-0.2, 0) is 4.79 Å². The number of rotatable bonds is 4. The van der Waals surface area contributed by atoms with Crippen LogP contribution in [0.4, 0.5) is 0 Å². The molecule has 0 bridgehead atoms. The predicted octanol–water partition coefficient (Wildman–Crippen LogP) is -4.51. The topological polar surface area (TPSA) is 104 Å². The number of hydrogen-bond donors (Lipinski definition) is 2. The second-order valence-electron chi connectivity index (χ2n) is 11.4. The first-order chi connectivity index (χ1) is 13.6. The Morgan fingerprint density at radius 1 is 1.06 bits per heavy atom. The van der Waals surface area contributed by atoms with Crippen LogP contribution in [0, 0.1) is 46.3 Å². The number of carbonyl (C=O) groups is 1. The molecule has 0 aliphatic heterocycles. The van der Waals surface area contributed by atoms with Crippen molar-refractivity contribution in [1.29, 1.82) is 0 Å². The van der Waals surface area contributed by atoms with Crippen molar-refractivity contribution in [2.45, 2.75) is 96.9 Å². The molecule has 0 radical (unpaired) electrons. The first-order valence-corrected chi connectivity index (χ1v) is 11.8. The van der Waals surface area contributed by atoms with Gasteiger partial charge in [0.2, 0.25) is 0 Å². The van der Waals surface area contributed by atoms with Gasteiger partial charge < -0.3 is 25.2 Å². The van der Waals surface area contributed by atoms with Crippen molar-refractivity contribution in [1.82, 2.24) is 0 Å². The smallest absolute Gasteiger partial charge is 0.852 e. The molecule has 7 heteroatoms. The van der Waals surface area contributed by atoms with E-state index in [1.54, 1.807) is 0 Å². The van der Waals surface area contributed by atoms with Gasteiger partial charge >= 0.3 is 59.1 Å². The maximum Gasteiger partial charge on any atom is 1.00 e. The zero-order valence-electron chi connectivity index (χ0n) is 20.2. The molecule has 0 aromatic heterocycles. The Balaban J connectivity index is 0.00000171. The molecular weight excluding hydrogens is 414 g/mol. The molecule has 5 nitrogen and oxygen atoms in total. The molecule has 0 aromatic carbocycles. The SMILES string of the molecule is C[C@H](CCC(=O)[O-])[C@H]1CCC2C3C(C[C@H](O)[C@@]21C)[C@@]1(C)CC[C@@H]([O-])C[C@H]1C[C@H]3O.[Na+].[Na+]. The van der Waals surface area contributed by atoms with Gasteiger partial charge in [0.05, 0.1) is 12.2 Å². The quantitative estimate of drug-likeness (QED) is 0.419. The zero-order valence-corrected chi connectivity index (χ0v) is 24.2. The van der Waals surface area contributed by atoms with Gasteiger partial charge in [0.1, 0.15) is 0 Å². The zero-order chi connectivity index (χ0) is 21.1. The fourth-order valence-corrected chi connectivity index (χ4v) is 8.66. The summed E-state index contributed by atoms with van der Waals surface area (Å²) in [7, 11) is 0. The second kappa shape index (κ2) is 10.5. The van der Waals surface area contributed by atoms with Gasteiger partial charge in [-0.15, -0.1) is 6.10 Å². The summed E-state index contributed by atoms with van der Waals surface area (Å²) in [5.41, 5.74) is -0.224. The van der Waals surface area contributed by atoms with Gasteiger partial charge in [-0.1, -0.05) is 33.6 Å². The molecule has 4 rings (SSSR count). The third-order valence-corrected chi connectivity index (χ3v) is 10.3. The number of hydrogen-bond acceptors (Lipinski definition) is 5. The van der Waals surface area contributed by atoms with Crippen molar-refractivity contribution < 1.29 is 84.3 Å². The van der Waals surface area contributed by atoms with E-state index in [9.17, 15) is 25.2 Å². The molecular formula is C24H38Na2O5. The average Bonchev–Trinajstić information content (AvgIpc) is 3.01. The van der Waals surface area contributed by atoms with Crippen LogP contribution in [0.2, 0.25) is 0 Å². The maximum absolute atomic E-state index is 12.2. The third kappa shape index (κ3) is 4.76.